The number of ether oxygens (including phenoxy) is 4. The fourth-order valence-electron chi connectivity index (χ4n) is 6.17. The molecule has 4 rings (SSSR count). The maximum absolute atomic E-state index is 13.8. The molecular weight excluding hydrogens is 462 g/mol. The third-order valence-corrected chi connectivity index (χ3v) is 8.00. The van der Waals surface area contributed by atoms with Gasteiger partial charge in [-0.1, -0.05) is 6.42 Å². The molecule has 0 aliphatic carbocycles. The third-order valence-electron chi connectivity index (χ3n) is 8.00. The molecule has 0 bridgehead atoms. The lowest BCUT2D eigenvalue weighted by Gasteiger charge is -2.46. The second-order valence-corrected chi connectivity index (χ2v) is 10.1. The Bertz CT molecular complexity index is 898. The Morgan fingerprint density at radius 3 is 2.39 bits per heavy atom. The van der Waals surface area contributed by atoms with Crippen LogP contribution in [-0.2, 0) is 14.3 Å². The van der Waals surface area contributed by atoms with Crippen LogP contribution in [0.3, 0.4) is 0 Å². The van der Waals surface area contributed by atoms with E-state index in [2.05, 4.69) is 4.90 Å². The molecule has 1 aromatic carbocycles. The van der Waals surface area contributed by atoms with E-state index >= 15 is 0 Å². The highest BCUT2D eigenvalue weighted by Crippen LogP contribution is 2.42. The average molecular weight is 504 g/mol. The van der Waals surface area contributed by atoms with Crippen LogP contribution in [0.15, 0.2) is 12.1 Å². The summed E-state index contributed by atoms with van der Waals surface area (Å²) in [5, 5.41) is 0. The van der Waals surface area contributed by atoms with E-state index in [0.29, 0.717) is 54.6 Å². The molecule has 9 nitrogen and oxygen atoms in total. The zero-order valence-corrected chi connectivity index (χ0v) is 22.2. The summed E-state index contributed by atoms with van der Waals surface area (Å²) in [4.78, 5) is 33.1. The Morgan fingerprint density at radius 1 is 1.00 bits per heavy atom. The molecule has 3 heterocycles. The number of hydrogen-bond donors (Lipinski definition) is 0. The first-order valence-corrected chi connectivity index (χ1v) is 13.1. The molecule has 0 aromatic heterocycles. The van der Waals surface area contributed by atoms with Crippen LogP contribution in [0.2, 0.25) is 0 Å². The monoisotopic (exact) mass is 503 g/mol. The summed E-state index contributed by atoms with van der Waals surface area (Å²) < 4.78 is 21.7. The van der Waals surface area contributed by atoms with E-state index in [4.69, 9.17) is 18.9 Å². The first-order valence-electron chi connectivity index (χ1n) is 13.1. The quantitative estimate of drug-likeness (QED) is 0.486. The number of hydrogen-bond acceptors (Lipinski definition) is 7. The van der Waals surface area contributed by atoms with Crippen LogP contribution in [0, 0.1) is 11.8 Å². The van der Waals surface area contributed by atoms with Gasteiger partial charge in [-0.2, -0.15) is 0 Å². The van der Waals surface area contributed by atoms with Gasteiger partial charge in [-0.3, -0.25) is 9.59 Å². The number of anilines is 1. The maximum Gasteiger partial charge on any atom is 0.228 e. The van der Waals surface area contributed by atoms with Crippen LogP contribution in [0.25, 0.3) is 0 Å². The zero-order chi connectivity index (χ0) is 25.7. The minimum atomic E-state index is -0.389. The summed E-state index contributed by atoms with van der Waals surface area (Å²) in [5.74, 6) is 1.48. The van der Waals surface area contributed by atoms with E-state index in [0.717, 1.165) is 13.0 Å². The highest BCUT2D eigenvalue weighted by molar-refractivity contribution is 6.00. The molecule has 9 heteroatoms. The van der Waals surface area contributed by atoms with Crippen molar-refractivity contribution in [2.24, 2.45) is 11.8 Å². The fraction of sp³-hybridized carbons (Fsp3) is 0.704. The molecule has 3 aliphatic rings. The number of carbonyl (C=O) groups excluding carboxylic acids is 2. The number of amides is 2. The fourth-order valence-corrected chi connectivity index (χ4v) is 6.17. The van der Waals surface area contributed by atoms with E-state index in [1.54, 1.807) is 45.5 Å². The second kappa shape index (κ2) is 12.1. The lowest BCUT2D eigenvalue weighted by Crippen LogP contribution is -2.52. The minimum Gasteiger partial charge on any atom is -0.493 e. The number of methoxy groups -OCH3 is 4. The SMILES string of the molecule is COCCN(C[C@@H]1CCCN2CCCC[C@@H]12)C(=O)[C@H]1CC(=O)N(c2cc(OC)c(OC)c(OC)c2)C1. The van der Waals surface area contributed by atoms with E-state index in [9.17, 15) is 9.59 Å². The van der Waals surface area contributed by atoms with E-state index in [-0.39, 0.29) is 24.2 Å². The number of piperidine rings is 2. The van der Waals surface area contributed by atoms with Crippen molar-refractivity contribution in [1.82, 2.24) is 9.80 Å². The largest absolute Gasteiger partial charge is 0.493 e. The summed E-state index contributed by atoms with van der Waals surface area (Å²) in [6.07, 6.45) is 6.29. The molecule has 0 radical (unpaired) electrons. The van der Waals surface area contributed by atoms with Gasteiger partial charge in [-0.05, 0) is 44.7 Å². The number of benzene rings is 1. The van der Waals surface area contributed by atoms with Crippen molar-refractivity contribution in [3.05, 3.63) is 12.1 Å². The van der Waals surface area contributed by atoms with Gasteiger partial charge in [0.25, 0.3) is 0 Å². The van der Waals surface area contributed by atoms with Crippen LogP contribution in [0.5, 0.6) is 17.2 Å². The molecule has 3 aliphatic heterocycles. The lowest BCUT2D eigenvalue weighted by atomic mass is 9.83. The molecule has 0 unspecified atom stereocenters. The van der Waals surface area contributed by atoms with Gasteiger partial charge in [0.2, 0.25) is 17.6 Å². The van der Waals surface area contributed by atoms with Crippen LogP contribution in [-0.4, -0.2) is 95.4 Å². The highest BCUT2D eigenvalue weighted by Gasteiger charge is 2.40. The molecular formula is C27H41N3O6. The Hall–Kier alpha value is -2.52. The second-order valence-electron chi connectivity index (χ2n) is 10.1. The Kier molecular flexibility index (Phi) is 8.95. The van der Waals surface area contributed by atoms with Crippen molar-refractivity contribution in [3.8, 4) is 17.2 Å². The number of fused-ring (bicyclic) bond motifs is 1. The average Bonchev–Trinajstić information content (AvgIpc) is 3.31. The molecule has 3 saturated heterocycles. The van der Waals surface area contributed by atoms with Gasteiger partial charge in [0.15, 0.2) is 11.5 Å². The maximum atomic E-state index is 13.8. The van der Waals surface area contributed by atoms with Crippen molar-refractivity contribution in [3.63, 3.8) is 0 Å². The highest BCUT2D eigenvalue weighted by atomic mass is 16.5. The molecule has 200 valence electrons. The molecule has 0 N–H and O–H groups in total. The van der Waals surface area contributed by atoms with Crippen LogP contribution in [0.4, 0.5) is 5.69 Å². The summed E-state index contributed by atoms with van der Waals surface area (Å²) in [5.41, 5.74) is 0.637. The van der Waals surface area contributed by atoms with Gasteiger partial charge < -0.3 is 33.6 Å². The summed E-state index contributed by atoms with van der Waals surface area (Å²) in [6, 6.07) is 4.08. The van der Waals surface area contributed by atoms with Gasteiger partial charge in [0.05, 0.1) is 39.5 Å². The van der Waals surface area contributed by atoms with Gasteiger partial charge in [0, 0.05) is 51.3 Å². The van der Waals surface area contributed by atoms with Crippen LogP contribution >= 0.6 is 0 Å². The van der Waals surface area contributed by atoms with Crippen molar-refractivity contribution in [2.75, 3.05) is 72.7 Å². The van der Waals surface area contributed by atoms with E-state index in [1.807, 2.05) is 4.90 Å². The molecule has 2 amide bonds. The number of nitrogens with zero attached hydrogens (tertiary/aromatic N) is 3. The Labute approximate surface area is 214 Å². The van der Waals surface area contributed by atoms with Crippen molar-refractivity contribution < 1.29 is 28.5 Å². The molecule has 1 aromatic rings. The van der Waals surface area contributed by atoms with Gasteiger partial charge >= 0.3 is 0 Å². The lowest BCUT2D eigenvalue weighted by molar-refractivity contribution is -0.137. The topological polar surface area (TPSA) is 80.8 Å². The van der Waals surface area contributed by atoms with E-state index in [1.165, 1.54) is 38.8 Å². The van der Waals surface area contributed by atoms with Crippen LogP contribution in [0.1, 0.15) is 38.5 Å². The first kappa shape index (κ1) is 26.5. The predicted molar refractivity (Wildman–Crippen MR) is 137 cm³/mol. The van der Waals surface area contributed by atoms with Gasteiger partial charge in [-0.15, -0.1) is 0 Å². The molecule has 3 fully saturated rings. The van der Waals surface area contributed by atoms with Gasteiger partial charge in [-0.25, -0.2) is 0 Å². The molecule has 36 heavy (non-hydrogen) atoms. The van der Waals surface area contributed by atoms with Crippen LogP contribution < -0.4 is 19.1 Å². The standard InChI is InChI=1S/C27H41N3O6/c1-33-13-12-29(17-19-8-7-11-28-10-6-5-9-22(19)28)27(32)20-14-25(31)30(18-20)21-15-23(34-2)26(36-4)24(16-21)35-3/h15-16,19-20,22H,5-14,17-18H2,1-4H3/t19-,20-,22-/m0/s1. The number of rotatable bonds is 10. The van der Waals surface area contributed by atoms with Crippen molar-refractivity contribution >= 4 is 17.5 Å². The molecule has 3 atom stereocenters. The zero-order valence-electron chi connectivity index (χ0n) is 22.2. The Balaban J connectivity index is 1.49. The van der Waals surface area contributed by atoms with E-state index < -0.39 is 0 Å². The summed E-state index contributed by atoms with van der Waals surface area (Å²) in [6.45, 7) is 4.46. The van der Waals surface area contributed by atoms with Gasteiger partial charge in [0.1, 0.15) is 0 Å². The van der Waals surface area contributed by atoms with Crippen molar-refractivity contribution in [1.29, 1.82) is 0 Å². The summed E-state index contributed by atoms with van der Waals surface area (Å²) in [7, 11) is 6.30. The normalized spacial score (nSPS) is 24.4. The third kappa shape index (κ3) is 5.57. The predicted octanol–water partition coefficient (Wildman–Crippen LogP) is 2.80. The number of carbonyl (C=O) groups is 2. The Morgan fingerprint density at radius 2 is 1.72 bits per heavy atom. The smallest absolute Gasteiger partial charge is 0.228 e. The molecule has 0 spiro atoms. The molecule has 0 saturated carbocycles. The first-order chi connectivity index (χ1) is 17.5. The summed E-state index contributed by atoms with van der Waals surface area (Å²) >= 11 is 0. The minimum absolute atomic E-state index is 0.0447. The van der Waals surface area contributed by atoms with Crippen molar-refractivity contribution in [2.45, 2.75) is 44.6 Å².